The number of aliphatic hydroxyl groups is 1. The first-order chi connectivity index (χ1) is 26.2. The molecule has 0 spiro atoms. The summed E-state index contributed by atoms with van der Waals surface area (Å²) in [6, 6.07) is 24.5. The molecule has 7 nitrogen and oxygen atoms in total. The first kappa shape index (κ1) is 40.2. The average Bonchev–Trinajstić information content (AvgIpc) is 3.61. The maximum absolute atomic E-state index is 14.3. The van der Waals surface area contributed by atoms with Crippen LogP contribution in [-0.2, 0) is 31.1 Å². The molecule has 0 radical (unpaired) electrons. The van der Waals surface area contributed by atoms with E-state index in [0.29, 0.717) is 21.5 Å². The summed E-state index contributed by atoms with van der Waals surface area (Å²) >= 11 is 3.38. The Morgan fingerprint density at radius 2 is 1.38 bits per heavy atom. The van der Waals surface area contributed by atoms with Crippen molar-refractivity contribution in [3.63, 3.8) is 0 Å². The van der Waals surface area contributed by atoms with Crippen LogP contribution in [-0.4, -0.2) is 42.7 Å². The number of aromatic hydroxyl groups is 1. The van der Waals surface area contributed by atoms with E-state index in [9.17, 15) is 46.1 Å². The third kappa shape index (κ3) is 6.78. The summed E-state index contributed by atoms with van der Waals surface area (Å²) in [5, 5.41) is 25.0. The van der Waals surface area contributed by atoms with Gasteiger partial charge in [-0.15, -0.1) is 0 Å². The van der Waals surface area contributed by atoms with E-state index in [1.807, 2.05) is 81.4 Å². The molecule has 4 aromatic rings. The van der Waals surface area contributed by atoms with Crippen molar-refractivity contribution < 1.29 is 55.3 Å². The summed E-state index contributed by atoms with van der Waals surface area (Å²) in [6.45, 7) is 5.96. The minimum absolute atomic E-state index is 0.0710. The topological polar surface area (TPSA) is 96.3 Å². The zero-order chi connectivity index (χ0) is 40.6. The van der Waals surface area contributed by atoms with Gasteiger partial charge in [-0.05, 0) is 64.7 Å². The van der Waals surface area contributed by atoms with Crippen molar-refractivity contribution in [1.29, 1.82) is 0 Å². The molecule has 56 heavy (non-hydrogen) atoms. The van der Waals surface area contributed by atoms with Crippen molar-refractivity contribution in [2.45, 2.75) is 62.9 Å². The lowest BCUT2D eigenvalue weighted by Crippen LogP contribution is -2.67. The Morgan fingerprint density at radius 1 is 0.821 bits per heavy atom. The number of halogens is 7. The molecule has 2 N–H and O–H groups in total. The molecule has 2 amide bonds. The van der Waals surface area contributed by atoms with Crippen LogP contribution in [0.3, 0.4) is 0 Å². The van der Waals surface area contributed by atoms with Gasteiger partial charge in [0.05, 0.1) is 34.8 Å². The van der Waals surface area contributed by atoms with Gasteiger partial charge in [0, 0.05) is 28.5 Å². The minimum Gasteiger partial charge on any atom is -0.508 e. The summed E-state index contributed by atoms with van der Waals surface area (Å²) in [5.74, 6) is -9.20. The molecule has 296 valence electrons. The van der Waals surface area contributed by atoms with Crippen LogP contribution in [0.15, 0.2) is 102 Å². The average molecular weight is 863 g/mol. The fourth-order valence-corrected chi connectivity index (χ4v) is 13.9. The van der Waals surface area contributed by atoms with Crippen molar-refractivity contribution in [2.24, 2.45) is 23.7 Å². The van der Waals surface area contributed by atoms with E-state index in [1.165, 1.54) is 6.07 Å². The van der Waals surface area contributed by atoms with E-state index in [1.54, 1.807) is 12.1 Å². The number of fused-ring (bicyclic) bond motifs is 3. The number of carbonyl (C=O) groups is 2. The summed E-state index contributed by atoms with van der Waals surface area (Å²) in [5.41, 5.74) is -3.97. The number of imide groups is 1. The largest absolute Gasteiger partial charge is 0.508 e. The molecule has 15 heteroatoms. The second-order valence-electron chi connectivity index (χ2n) is 15.7. The van der Waals surface area contributed by atoms with Gasteiger partial charge in [-0.2, -0.15) is 26.3 Å². The second-order valence-corrected chi connectivity index (χ2v) is 20.9. The number of phenols is 1. The van der Waals surface area contributed by atoms with Gasteiger partial charge in [0.15, 0.2) is 5.79 Å². The number of rotatable bonds is 7. The highest BCUT2D eigenvalue weighted by atomic mass is 79.9. The van der Waals surface area contributed by atoms with Gasteiger partial charge in [-0.1, -0.05) is 97.4 Å². The van der Waals surface area contributed by atoms with Crippen molar-refractivity contribution in [3.8, 4) is 5.75 Å². The number of amides is 2. The first-order valence-corrected chi connectivity index (χ1v) is 20.7. The van der Waals surface area contributed by atoms with E-state index < -0.39 is 89.9 Å². The number of anilines is 1. The molecule has 4 aromatic carbocycles. The number of carbonyl (C=O) groups excluding carboxylic acids is 2. The Morgan fingerprint density at radius 3 is 1.89 bits per heavy atom. The van der Waals surface area contributed by atoms with Crippen LogP contribution in [0.5, 0.6) is 5.75 Å². The molecule has 7 rings (SSSR count). The third-order valence-electron chi connectivity index (χ3n) is 11.4. The monoisotopic (exact) mass is 861 g/mol. The highest BCUT2D eigenvalue weighted by molar-refractivity contribution is 9.10. The van der Waals surface area contributed by atoms with Crippen molar-refractivity contribution in [2.75, 3.05) is 11.5 Å². The number of phenolic OH excluding ortho intramolecular Hbond substituents is 1. The smallest absolute Gasteiger partial charge is 0.416 e. The van der Waals surface area contributed by atoms with Crippen molar-refractivity contribution in [3.05, 3.63) is 118 Å². The Balaban J connectivity index is 1.34. The highest BCUT2D eigenvalue weighted by Gasteiger charge is 2.67. The van der Waals surface area contributed by atoms with Gasteiger partial charge in [-0.3, -0.25) is 14.5 Å². The predicted octanol–water partition coefficient (Wildman–Crippen LogP) is 8.36. The highest BCUT2D eigenvalue weighted by Crippen LogP contribution is 2.60. The maximum atomic E-state index is 14.3. The van der Waals surface area contributed by atoms with E-state index in [2.05, 4.69) is 15.9 Å². The number of hydrogen-bond donors (Lipinski definition) is 2. The standard InChI is InChI=1S/C41H38BrF6NO6Si/c1-38(2,3)56(28-10-6-4-7-11-28,29-12-8-5-9-13-29)54-22-25-19-31-35(32-21-34(55-39(25,32)53)30-20-26(42)14-15-33(30)50)37(52)49(36(31)51)27-17-23(40(43,44)45)16-24(18-27)41(46,47)48/h4-18,20,25,31-32,34-35,50,53H,19,21-22H2,1-3H3/t25-,31+,32+,34+,35+,39-/m1/s1. The normalized spacial score (nSPS) is 25.7. The third-order valence-corrected chi connectivity index (χ3v) is 16.9. The van der Waals surface area contributed by atoms with Gasteiger partial charge >= 0.3 is 12.4 Å². The number of hydrogen-bond acceptors (Lipinski definition) is 6. The molecule has 1 saturated carbocycles. The Kier molecular flexibility index (Phi) is 10.1. The number of benzene rings is 4. The van der Waals surface area contributed by atoms with E-state index in [4.69, 9.17) is 9.16 Å². The van der Waals surface area contributed by atoms with Crippen LogP contribution in [0.1, 0.15) is 56.4 Å². The fourth-order valence-electron chi connectivity index (χ4n) is 8.96. The van der Waals surface area contributed by atoms with Gasteiger partial charge in [0.1, 0.15) is 5.75 Å². The first-order valence-electron chi connectivity index (χ1n) is 18.0. The maximum Gasteiger partial charge on any atom is 0.416 e. The van der Waals surface area contributed by atoms with Crippen LogP contribution in [0.25, 0.3) is 0 Å². The van der Waals surface area contributed by atoms with E-state index in [0.717, 1.165) is 10.4 Å². The van der Waals surface area contributed by atoms with Gasteiger partial charge in [-0.25, -0.2) is 0 Å². The molecule has 3 fully saturated rings. The molecule has 3 aliphatic rings. The molecule has 6 atom stereocenters. The van der Waals surface area contributed by atoms with E-state index >= 15 is 0 Å². The molecule has 2 aliphatic heterocycles. The summed E-state index contributed by atoms with van der Waals surface area (Å²) in [7, 11) is -3.27. The van der Waals surface area contributed by atoms with Crippen molar-refractivity contribution in [1.82, 2.24) is 0 Å². The molecule has 0 aromatic heterocycles. The molecular formula is C41H38BrF6NO6Si. The Hall–Kier alpha value is -4.02. The number of alkyl halides is 6. The Bertz CT molecular complexity index is 2070. The second kappa shape index (κ2) is 14.1. The lowest BCUT2D eigenvalue weighted by Gasteiger charge is -2.48. The van der Waals surface area contributed by atoms with Crippen LogP contribution in [0.2, 0.25) is 5.04 Å². The van der Waals surface area contributed by atoms with E-state index in [-0.39, 0.29) is 36.8 Å². The van der Waals surface area contributed by atoms with Gasteiger partial charge < -0.3 is 19.4 Å². The minimum atomic E-state index is -5.23. The van der Waals surface area contributed by atoms with Crippen LogP contribution < -0.4 is 15.3 Å². The molecular weight excluding hydrogens is 824 g/mol. The zero-order valence-electron chi connectivity index (χ0n) is 30.4. The van der Waals surface area contributed by atoms with Crippen molar-refractivity contribution >= 4 is 52.1 Å². The molecule has 2 saturated heterocycles. The number of nitrogens with zero attached hydrogens (tertiary/aromatic N) is 1. The Labute approximate surface area is 328 Å². The lowest BCUT2D eigenvalue weighted by atomic mass is 9.64. The van der Waals surface area contributed by atoms with Crippen LogP contribution in [0.4, 0.5) is 32.0 Å². The lowest BCUT2D eigenvalue weighted by molar-refractivity contribution is -0.273. The molecule has 2 heterocycles. The zero-order valence-corrected chi connectivity index (χ0v) is 33.0. The predicted molar refractivity (Wildman–Crippen MR) is 200 cm³/mol. The summed E-state index contributed by atoms with van der Waals surface area (Å²) in [6.07, 6.45) is -11.8. The fraction of sp³-hybridized carbons (Fsp3) is 0.366. The molecule has 0 unspecified atom stereocenters. The van der Waals surface area contributed by atoms with Gasteiger partial charge in [0.25, 0.3) is 8.32 Å². The van der Waals surface area contributed by atoms with Gasteiger partial charge in [0.2, 0.25) is 11.8 Å². The summed E-state index contributed by atoms with van der Waals surface area (Å²) < 4.78 is 97.7. The number of ether oxygens (including phenoxy) is 1. The SMILES string of the molecule is CC(C)(C)[Si](OC[C@H]1C[C@@H]2C(=O)N(c3cc(C(F)(F)F)cc(C(F)(F)F)c3)C(=O)[C@@H]2[C@@H]2C[C@@H](c3cc(Br)ccc3O)O[C@]12O)(c1ccccc1)c1ccccc1. The quantitative estimate of drug-likeness (QED) is 0.110. The molecule has 1 aliphatic carbocycles. The van der Waals surface area contributed by atoms with Crippen LogP contribution in [0, 0.1) is 23.7 Å². The summed E-state index contributed by atoms with van der Waals surface area (Å²) in [4.78, 5) is 29.0. The van der Waals surface area contributed by atoms with Crippen LogP contribution >= 0.6 is 15.9 Å². The molecule has 0 bridgehead atoms.